The van der Waals surface area contributed by atoms with E-state index < -0.39 is 14.9 Å². The van der Waals surface area contributed by atoms with Gasteiger partial charge in [-0.3, -0.25) is 0 Å². The number of methoxy groups -OCH3 is 1. The third kappa shape index (κ3) is 4.05. The Morgan fingerprint density at radius 1 is 0.967 bits per heavy atom. The van der Waals surface area contributed by atoms with E-state index in [1.54, 1.807) is 19.2 Å². The second-order valence-corrected chi connectivity index (χ2v) is 8.98. The number of hydrogen-bond acceptors (Lipinski definition) is 5. The summed E-state index contributed by atoms with van der Waals surface area (Å²) in [7, 11) is -2.68. The first-order valence-corrected chi connectivity index (χ1v) is 11.1. The van der Waals surface area contributed by atoms with E-state index in [2.05, 4.69) is 0 Å². The molecule has 158 valence electrons. The number of sulfonamides is 1. The minimum absolute atomic E-state index is 0.0916. The fourth-order valence-corrected chi connectivity index (χ4v) is 4.40. The molecule has 3 rings (SSSR count). The third-order valence-corrected chi connectivity index (χ3v) is 6.72. The van der Waals surface area contributed by atoms with Crippen molar-refractivity contribution in [2.45, 2.75) is 24.6 Å². The van der Waals surface area contributed by atoms with Crippen LogP contribution in [0, 0.1) is 0 Å². The molecule has 1 unspecified atom stereocenters. The molecule has 0 aliphatic heterocycles. The normalized spacial score (nSPS) is 13.6. The zero-order chi connectivity index (χ0) is 21.9. The van der Waals surface area contributed by atoms with Crippen molar-refractivity contribution in [2.24, 2.45) is 10.9 Å². The lowest BCUT2D eigenvalue weighted by Crippen LogP contribution is -2.50. The molecular weight excluding hydrogens is 400 g/mol. The van der Waals surface area contributed by atoms with Crippen molar-refractivity contribution < 1.29 is 18.3 Å². The van der Waals surface area contributed by atoms with E-state index in [9.17, 15) is 13.5 Å². The van der Waals surface area contributed by atoms with Crippen LogP contribution in [0.4, 0.5) is 0 Å². The number of phenols is 1. The Morgan fingerprint density at radius 3 is 2.20 bits per heavy atom. The monoisotopic (exact) mass is 426 g/mol. The summed E-state index contributed by atoms with van der Waals surface area (Å²) in [6, 6.07) is 19.7. The molecule has 0 aliphatic rings. The fraction of sp³-hybridized carbons (Fsp3) is 0.217. The molecule has 30 heavy (non-hydrogen) atoms. The van der Waals surface area contributed by atoms with Crippen LogP contribution in [-0.4, -0.2) is 20.6 Å². The van der Waals surface area contributed by atoms with Gasteiger partial charge in [0.15, 0.2) is 4.87 Å². The van der Waals surface area contributed by atoms with Crippen LogP contribution in [0.5, 0.6) is 11.5 Å². The zero-order valence-corrected chi connectivity index (χ0v) is 17.8. The summed E-state index contributed by atoms with van der Waals surface area (Å²) in [5.41, 5.74) is 9.55. The number of para-hydroxylation sites is 1. The highest BCUT2D eigenvalue weighted by Crippen LogP contribution is 2.38. The highest BCUT2D eigenvalue weighted by molar-refractivity contribution is 7.90. The molecule has 0 aliphatic carbocycles. The predicted octanol–water partition coefficient (Wildman–Crippen LogP) is 3.27. The van der Waals surface area contributed by atoms with Gasteiger partial charge < -0.3 is 15.6 Å². The van der Waals surface area contributed by atoms with Crippen LogP contribution in [0.1, 0.15) is 23.6 Å². The van der Waals surface area contributed by atoms with Gasteiger partial charge in [0, 0.05) is 12.0 Å². The first-order valence-electron chi connectivity index (χ1n) is 9.56. The Kier molecular flexibility index (Phi) is 6.17. The minimum atomic E-state index is -4.28. The average molecular weight is 427 g/mol. The molecule has 0 bridgehead atoms. The summed E-state index contributed by atoms with van der Waals surface area (Å²) < 4.78 is 30.5. The summed E-state index contributed by atoms with van der Waals surface area (Å²) >= 11 is 0. The fourth-order valence-electron chi connectivity index (χ4n) is 3.58. The number of hydrogen-bond donors (Lipinski definition) is 3. The van der Waals surface area contributed by atoms with Crippen LogP contribution in [0.25, 0.3) is 11.1 Å². The van der Waals surface area contributed by atoms with Gasteiger partial charge in [0.2, 0.25) is 10.0 Å². The molecule has 0 spiro atoms. The zero-order valence-electron chi connectivity index (χ0n) is 17.0. The maximum Gasteiger partial charge on any atom is 0.232 e. The van der Waals surface area contributed by atoms with Gasteiger partial charge in [-0.2, -0.15) is 0 Å². The van der Waals surface area contributed by atoms with Crippen molar-refractivity contribution in [3.05, 3.63) is 83.4 Å². The second kappa shape index (κ2) is 8.47. The van der Waals surface area contributed by atoms with Gasteiger partial charge in [-0.15, -0.1) is 0 Å². The lowest BCUT2D eigenvalue weighted by Gasteiger charge is -2.30. The number of benzene rings is 3. The standard InChI is InChI=1S/C23H26N2O4S/c1-3-16-8-6-10-21(22(16)26)23(24,30(25,27)28)15-18-7-4-5-9-20(18)17-11-13-19(29-2)14-12-17/h4-14,26H,3,15,24H2,1-2H3,(H2,25,27,28). The van der Waals surface area contributed by atoms with Crippen LogP contribution < -0.4 is 15.6 Å². The smallest absolute Gasteiger partial charge is 0.232 e. The molecule has 0 amide bonds. The van der Waals surface area contributed by atoms with Crippen LogP contribution in [0.15, 0.2) is 66.7 Å². The van der Waals surface area contributed by atoms with Gasteiger partial charge in [-0.25, -0.2) is 13.6 Å². The summed E-state index contributed by atoms with van der Waals surface area (Å²) in [4.78, 5) is -2.00. The maximum absolute atomic E-state index is 12.7. The third-order valence-electron chi connectivity index (χ3n) is 5.34. The first-order chi connectivity index (χ1) is 14.2. The molecule has 0 saturated heterocycles. The lowest BCUT2D eigenvalue weighted by atomic mass is 9.91. The summed E-state index contributed by atoms with van der Waals surface area (Å²) in [5.74, 6) is 0.577. The van der Waals surface area contributed by atoms with Gasteiger partial charge >= 0.3 is 0 Å². The van der Waals surface area contributed by atoms with Crippen molar-refractivity contribution in [1.29, 1.82) is 0 Å². The molecule has 3 aromatic rings. The maximum atomic E-state index is 12.7. The molecule has 0 aromatic heterocycles. The molecule has 1 atom stereocenters. The Morgan fingerprint density at radius 2 is 1.60 bits per heavy atom. The highest BCUT2D eigenvalue weighted by atomic mass is 32.2. The highest BCUT2D eigenvalue weighted by Gasteiger charge is 2.42. The number of ether oxygens (including phenoxy) is 1. The van der Waals surface area contributed by atoms with Crippen LogP contribution in [0.3, 0.4) is 0 Å². The SMILES string of the molecule is CCc1cccc(C(N)(Cc2ccccc2-c2ccc(OC)cc2)S(N)(=O)=O)c1O. The van der Waals surface area contributed by atoms with Gasteiger partial charge in [-0.05, 0) is 40.8 Å². The molecule has 0 radical (unpaired) electrons. The number of rotatable bonds is 7. The van der Waals surface area contributed by atoms with Crippen molar-refractivity contribution in [3.8, 4) is 22.6 Å². The lowest BCUT2D eigenvalue weighted by molar-refractivity contribution is 0.415. The molecule has 7 heteroatoms. The number of aromatic hydroxyl groups is 1. The Balaban J connectivity index is 2.14. The molecular formula is C23H26N2O4S. The van der Waals surface area contributed by atoms with Crippen LogP contribution in [0.2, 0.25) is 0 Å². The number of phenolic OH excluding ortho intramolecular Hbond substituents is 1. The largest absolute Gasteiger partial charge is 0.507 e. The Bertz CT molecular complexity index is 1140. The van der Waals surface area contributed by atoms with E-state index in [1.165, 1.54) is 6.07 Å². The van der Waals surface area contributed by atoms with Crippen molar-refractivity contribution in [3.63, 3.8) is 0 Å². The van der Waals surface area contributed by atoms with E-state index >= 15 is 0 Å². The molecule has 6 nitrogen and oxygen atoms in total. The van der Waals surface area contributed by atoms with Crippen molar-refractivity contribution in [1.82, 2.24) is 0 Å². The number of primary sulfonamides is 1. The van der Waals surface area contributed by atoms with E-state index in [0.29, 0.717) is 17.5 Å². The molecule has 0 heterocycles. The molecule has 0 fully saturated rings. The number of nitrogens with two attached hydrogens (primary N) is 2. The Labute approximate surface area is 177 Å². The summed E-state index contributed by atoms with van der Waals surface area (Å²) in [6.07, 6.45) is 0.428. The molecule has 3 aromatic carbocycles. The van der Waals surface area contributed by atoms with Crippen molar-refractivity contribution in [2.75, 3.05) is 7.11 Å². The van der Waals surface area contributed by atoms with Gasteiger partial charge in [0.05, 0.1) is 7.11 Å². The molecule has 0 saturated carbocycles. The molecule has 5 N–H and O–H groups in total. The quantitative estimate of drug-likeness (QED) is 0.536. The van der Waals surface area contributed by atoms with Crippen LogP contribution in [-0.2, 0) is 27.7 Å². The van der Waals surface area contributed by atoms with Gasteiger partial charge in [0.1, 0.15) is 11.5 Å². The summed E-state index contributed by atoms with van der Waals surface area (Å²) in [5, 5.41) is 16.3. The predicted molar refractivity (Wildman–Crippen MR) is 119 cm³/mol. The van der Waals surface area contributed by atoms with Gasteiger partial charge in [0.25, 0.3) is 0 Å². The minimum Gasteiger partial charge on any atom is -0.507 e. The summed E-state index contributed by atoms with van der Waals surface area (Å²) in [6.45, 7) is 1.87. The van der Waals surface area contributed by atoms with E-state index in [1.807, 2.05) is 55.5 Å². The first kappa shape index (κ1) is 21.8. The Hall–Kier alpha value is -2.87. The van der Waals surface area contributed by atoms with E-state index in [0.717, 1.165) is 16.9 Å². The topological polar surface area (TPSA) is 116 Å². The van der Waals surface area contributed by atoms with E-state index in [4.69, 9.17) is 15.6 Å². The van der Waals surface area contributed by atoms with Gasteiger partial charge in [-0.1, -0.05) is 61.5 Å². The van der Waals surface area contributed by atoms with Crippen LogP contribution >= 0.6 is 0 Å². The number of aryl methyl sites for hydroxylation is 1. The second-order valence-electron chi connectivity index (χ2n) is 7.16. The average Bonchev–Trinajstić information content (AvgIpc) is 2.73. The van der Waals surface area contributed by atoms with E-state index in [-0.39, 0.29) is 17.7 Å². The van der Waals surface area contributed by atoms with Crippen molar-refractivity contribution >= 4 is 10.0 Å².